The van der Waals surface area contributed by atoms with Gasteiger partial charge in [0.2, 0.25) is 0 Å². The number of anilines is 1. The Morgan fingerprint density at radius 2 is 2.09 bits per heavy atom. The van der Waals surface area contributed by atoms with Gasteiger partial charge in [-0.3, -0.25) is 14.5 Å². The Kier molecular flexibility index (Phi) is 5.99. The van der Waals surface area contributed by atoms with E-state index in [1.165, 1.54) is 27.4 Å². The van der Waals surface area contributed by atoms with Gasteiger partial charge < -0.3 is 19.5 Å². The van der Waals surface area contributed by atoms with Gasteiger partial charge in [0.05, 0.1) is 31.6 Å². The molecule has 32 heavy (non-hydrogen) atoms. The van der Waals surface area contributed by atoms with E-state index >= 15 is 0 Å². The van der Waals surface area contributed by atoms with E-state index in [4.69, 9.17) is 14.2 Å². The fourth-order valence-electron chi connectivity index (χ4n) is 5.75. The number of Topliss-reactive ketones (excluding diaryl/α,β-unsaturated/α-hetero) is 1. The van der Waals surface area contributed by atoms with Crippen LogP contribution in [0, 0.1) is 11.8 Å². The summed E-state index contributed by atoms with van der Waals surface area (Å²) in [4.78, 5) is 40.3. The van der Waals surface area contributed by atoms with Crippen molar-refractivity contribution >= 4 is 23.4 Å². The lowest BCUT2D eigenvalue weighted by atomic mass is 9.72. The van der Waals surface area contributed by atoms with E-state index in [9.17, 15) is 14.4 Å². The summed E-state index contributed by atoms with van der Waals surface area (Å²) in [6.07, 6.45) is 3.65. The van der Waals surface area contributed by atoms with Gasteiger partial charge in [-0.05, 0) is 36.8 Å². The monoisotopic (exact) mass is 442 g/mol. The Hall–Kier alpha value is -2.87. The van der Waals surface area contributed by atoms with Gasteiger partial charge in [0.15, 0.2) is 5.78 Å². The van der Waals surface area contributed by atoms with Gasteiger partial charge in [0.25, 0.3) is 0 Å². The fourth-order valence-corrected chi connectivity index (χ4v) is 5.75. The maximum absolute atomic E-state index is 13.8. The number of benzene rings is 1. The summed E-state index contributed by atoms with van der Waals surface area (Å²) in [5.74, 6) is -0.470. The summed E-state index contributed by atoms with van der Waals surface area (Å²) in [6.45, 7) is 5.01. The van der Waals surface area contributed by atoms with Crippen molar-refractivity contribution in [3.63, 3.8) is 0 Å². The molecule has 3 aliphatic heterocycles. The van der Waals surface area contributed by atoms with Crippen molar-refractivity contribution in [2.24, 2.45) is 11.8 Å². The van der Waals surface area contributed by atoms with Crippen LogP contribution in [0.1, 0.15) is 43.5 Å². The summed E-state index contributed by atoms with van der Waals surface area (Å²) in [6, 6.07) is 5.16. The van der Waals surface area contributed by atoms with Gasteiger partial charge in [-0.15, -0.1) is 0 Å². The molecule has 4 atom stereocenters. The van der Waals surface area contributed by atoms with Gasteiger partial charge in [-0.25, -0.2) is 4.79 Å². The lowest BCUT2D eigenvalue weighted by Gasteiger charge is -2.45. The average molecular weight is 443 g/mol. The van der Waals surface area contributed by atoms with Crippen molar-refractivity contribution in [2.75, 3.05) is 32.6 Å². The van der Waals surface area contributed by atoms with Crippen LogP contribution in [0.4, 0.5) is 5.69 Å². The van der Waals surface area contributed by atoms with Crippen molar-refractivity contribution in [3.05, 3.63) is 35.6 Å². The van der Waals surface area contributed by atoms with E-state index in [1.54, 1.807) is 12.1 Å². The number of ether oxygens (including phenoxy) is 3. The molecule has 3 aliphatic rings. The number of hydrogen-bond donors (Lipinski definition) is 1. The van der Waals surface area contributed by atoms with E-state index in [-0.39, 0.29) is 29.4 Å². The molecular weight excluding hydrogens is 412 g/mol. The predicted molar refractivity (Wildman–Crippen MR) is 117 cm³/mol. The maximum Gasteiger partial charge on any atom is 0.337 e. The second kappa shape index (κ2) is 8.58. The summed E-state index contributed by atoms with van der Waals surface area (Å²) in [7, 11) is 2.89. The molecule has 1 unspecified atom stereocenters. The summed E-state index contributed by atoms with van der Waals surface area (Å²) < 4.78 is 15.6. The quantitative estimate of drug-likeness (QED) is 0.322. The van der Waals surface area contributed by atoms with Crippen molar-refractivity contribution in [1.82, 2.24) is 4.90 Å². The molecule has 8 heteroatoms. The van der Waals surface area contributed by atoms with Crippen molar-refractivity contribution in [3.8, 4) is 5.75 Å². The van der Waals surface area contributed by atoms with Gasteiger partial charge in [-0.1, -0.05) is 19.4 Å². The zero-order valence-corrected chi connectivity index (χ0v) is 19.0. The van der Waals surface area contributed by atoms with Crippen LogP contribution in [-0.4, -0.2) is 61.5 Å². The highest BCUT2D eigenvalue weighted by atomic mass is 16.5. The van der Waals surface area contributed by atoms with Crippen LogP contribution in [0.15, 0.2) is 30.0 Å². The number of carbonyl (C=O) groups excluding carboxylic acids is 3. The van der Waals surface area contributed by atoms with Crippen molar-refractivity contribution < 1.29 is 28.6 Å². The van der Waals surface area contributed by atoms with Crippen LogP contribution < -0.4 is 10.1 Å². The Labute approximate surface area is 187 Å². The molecule has 1 spiro atoms. The molecule has 0 saturated carbocycles. The molecular formula is C24H30N2O6. The third-order valence-corrected chi connectivity index (χ3v) is 7.18. The highest BCUT2D eigenvalue weighted by Crippen LogP contribution is 2.50. The van der Waals surface area contributed by atoms with Crippen LogP contribution >= 0.6 is 0 Å². The molecule has 0 bridgehead atoms. The van der Waals surface area contributed by atoms with Gasteiger partial charge in [0, 0.05) is 31.7 Å². The summed E-state index contributed by atoms with van der Waals surface area (Å²) >= 11 is 0. The third-order valence-electron chi connectivity index (χ3n) is 7.18. The molecule has 172 valence electrons. The van der Waals surface area contributed by atoms with Crippen LogP contribution in [-0.2, 0) is 19.1 Å². The van der Waals surface area contributed by atoms with Crippen molar-refractivity contribution in [2.45, 2.75) is 44.7 Å². The van der Waals surface area contributed by atoms with E-state index in [0.29, 0.717) is 29.7 Å². The molecule has 1 aromatic carbocycles. The number of methoxy groups -OCH3 is 2. The first kappa shape index (κ1) is 22.3. The molecule has 3 heterocycles. The first-order valence-electron chi connectivity index (χ1n) is 11.1. The summed E-state index contributed by atoms with van der Waals surface area (Å²) in [5.41, 5.74) is 0.806. The number of carbonyl (C=O) groups is 3. The van der Waals surface area contributed by atoms with Crippen LogP contribution in [0.2, 0.25) is 0 Å². The Balaban J connectivity index is 1.70. The molecule has 8 nitrogen and oxygen atoms in total. The Morgan fingerprint density at radius 3 is 2.75 bits per heavy atom. The zero-order chi connectivity index (χ0) is 23.0. The molecule has 4 rings (SSSR count). The van der Waals surface area contributed by atoms with Gasteiger partial charge >= 0.3 is 11.9 Å². The predicted octanol–water partition coefficient (Wildman–Crippen LogP) is 2.78. The summed E-state index contributed by atoms with van der Waals surface area (Å²) in [5, 5.41) is 3.49. The van der Waals surface area contributed by atoms with E-state index in [0.717, 1.165) is 19.5 Å². The Morgan fingerprint density at radius 1 is 1.31 bits per heavy atom. The van der Waals surface area contributed by atoms with E-state index in [1.807, 2.05) is 6.07 Å². The van der Waals surface area contributed by atoms with Gasteiger partial charge in [-0.2, -0.15) is 0 Å². The highest BCUT2D eigenvalue weighted by molar-refractivity contribution is 6.16. The first-order chi connectivity index (χ1) is 15.4. The SMILES string of the molecule is CC[C@@H]1CN2CC[C@]3(Nc4cccc(OC(C)=O)c4C3=O)C2C[C@@H]1/C(=C\OC)C(=O)OC. The minimum Gasteiger partial charge on any atom is -0.504 e. The maximum atomic E-state index is 13.8. The van der Waals surface area contributed by atoms with E-state index < -0.39 is 17.5 Å². The smallest absolute Gasteiger partial charge is 0.337 e. The number of fused-ring (bicyclic) bond motifs is 3. The normalized spacial score (nSPS) is 29.3. The van der Waals surface area contributed by atoms with Crippen LogP contribution in [0.3, 0.4) is 0 Å². The minimum atomic E-state index is -0.816. The number of nitrogens with zero attached hydrogens (tertiary/aromatic N) is 1. The molecule has 0 aromatic heterocycles. The molecule has 0 aliphatic carbocycles. The van der Waals surface area contributed by atoms with Crippen LogP contribution in [0.5, 0.6) is 5.75 Å². The molecule has 1 N–H and O–H groups in total. The number of rotatable bonds is 5. The lowest BCUT2D eigenvalue weighted by Crippen LogP contribution is -2.57. The van der Waals surface area contributed by atoms with Gasteiger partial charge in [0.1, 0.15) is 11.3 Å². The lowest BCUT2D eigenvalue weighted by molar-refractivity contribution is -0.137. The van der Waals surface area contributed by atoms with E-state index in [2.05, 4.69) is 17.1 Å². The number of esters is 2. The molecule has 2 saturated heterocycles. The number of ketones is 1. The molecule has 1 aromatic rings. The fraction of sp³-hybridized carbons (Fsp3) is 0.542. The topological polar surface area (TPSA) is 94.2 Å². The molecule has 0 amide bonds. The Bertz CT molecular complexity index is 973. The van der Waals surface area contributed by atoms with Crippen LogP contribution in [0.25, 0.3) is 0 Å². The van der Waals surface area contributed by atoms with Crippen molar-refractivity contribution in [1.29, 1.82) is 0 Å². The second-order valence-electron chi connectivity index (χ2n) is 8.77. The molecule has 2 fully saturated rings. The highest BCUT2D eigenvalue weighted by Gasteiger charge is 2.59. The number of hydrogen-bond acceptors (Lipinski definition) is 8. The standard InChI is InChI=1S/C24H30N2O6/c1-5-15-12-26-10-9-24(20(26)11-16(15)17(13-30-3)23(29)31-4)22(28)21-18(25-24)7-6-8-19(21)32-14(2)27/h6-8,13,15-16,20,25H,5,9-12H2,1-4H3/b17-13+/t15-,16+,20?,24+/m1/s1. The third kappa shape index (κ3) is 3.46. The first-order valence-corrected chi connectivity index (χ1v) is 11.1. The average Bonchev–Trinajstić information content (AvgIpc) is 3.28. The largest absolute Gasteiger partial charge is 0.504 e. The number of nitrogens with one attached hydrogen (secondary N) is 1. The number of piperidine rings is 1. The zero-order valence-electron chi connectivity index (χ0n) is 19.0. The minimum absolute atomic E-state index is 0.0547. The second-order valence-corrected chi connectivity index (χ2v) is 8.77. The molecule has 0 radical (unpaired) electrons.